The van der Waals surface area contributed by atoms with Crippen molar-refractivity contribution in [2.24, 2.45) is 0 Å². The van der Waals surface area contributed by atoms with E-state index in [2.05, 4.69) is 159 Å². The van der Waals surface area contributed by atoms with Crippen LogP contribution in [-0.2, 0) is 4.28 Å². The van der Waals surface area contributed by atoms with Gasteiger partial charge < -0.3 is 9.24 Å². The van der Waals surface area contributed by atoms with Crippen molar-refractivity contribution in [2.75, 3.05) is 0 Å². The SMILES string of the molecule is C[Si](C)(C)C(c1cc(C([Si](C)(C)C)([Si](C)(C)C)[Si](C)(C)C)cc(C([Si](C)(C)C)[Si](C)(C)C)c1[PH-])[Si](C)(C)C. The summed E-state index contributed by atoms with van der Waals surface area (Å²) in [5.41, 5.74) is 5.21. The number of hydrogen-bond acceptors (Lipinski definition) is 0. The van der Waals surface area contributed by atoms with Crippen molar-refractivity contribution in [1.82, 2.24) is 0 Å². The zero-order valence-electron chi connectivity index (χ0n) is 29.8. The molecule has 222 valence electrons. The molecule has 0 N–H and O–H groups in total. The third kappa shape index (κ3) is 7.20. The molecule has 0 heterocycles. The van der Waals surface area contributed by atoms with E-state index >= 15 is 0 Å². The Kier molecular flexibility index (Phi) is 10.8. The molecule has 0 bridgehead atoms. The summed E-state index contributed by atoms with van der Waals surface area (Å²) in [7, 11) is -6.24. The van der Waals surface area contributed by atoms with Crippen LogP contribution in [0.2, 0.25) is 137 Å². The highest BCUT2D eigenvalue weighted by molar-refractivity contribution is 7.28. The standard InChI is InChI=1S/C30H68PSi7/c1-32(2,3)28(33(4,5)6)25-22-24(30(36(13,14)15,37(16,17)18)38(19,20)21)23-26(27(25)31)29(34(7,8)9)35(10,11)12/h22-23,28-29,31H,1-21H3/q-1. The smallest absolute Gasteiger partial charge is 0.0499 e. The molecule has 0 amide bonds. The van der Waals surface area contributed by atoms with Crippen LogP contribution in [0.4, 0.5) is 0 Å². The molecule has 0 aliphatic carbocycles. The maximum atomic E-state index is 4.50. The van der Waals surface area contributed by atoms with Gasteiger partial charge in [-0.2, -0.15) is 0 Å². The number of benzene rings is 1. The predicted molar refractivity (Wildman–Crippen MR) is 205 cm³/mol. The van der Waals surface area contributed by atoms with E-state index in [1.165, 1.54) is 5.30 Å². The van der Waals surface area contributed by atoms with Crippen molar-refractivity contribution in [3.63, 3.8) is 0 Å². The van der Waals surface area contributed by atoms with Gasteiger partial charge in [-0.1, -0.05) is 161 Å². The maximum absolute atomic E-state index is 4.50. The molecule has 1 rings (SSSR count). The molecule has 0 atom stereocenters. The second-order valence-corrected chi connectivity index (χ2v) is 60.0. The van der Waals surface area contributed by atoms with Gasteiger partial charge in [0, 0.05) is 56.5 Å². The Labute approximate surface area is 250 Å². The molecule has 0 aliphatic heterocycles. The van der Waals surface area contributed by atoms with Crippen molar-refractivity contribution >= 4 is 71.1 Å². The molecule has 0 unspecified atom stereocenters. The summed E-state index contributed by atoms with van der Waals surface area (Å²) in [6.45, 7) is 56.2. The summed E-state index contributed by atoms with van der Waals surface area (Å²) < 4.78 is 0.406. The minimum atomic E-state index is -1.61. The van der Waals surface area contributed by atoms with Crippen molar-refractivity contribution in [2.45, 2.75) is 152 Å². The maximum Gasteiger partial charge on any atom is 0.0499 e. The van der Waals surface area contributed by atoms with Gasteiger partial charge in [0.1, 0.15) is 0 Å². The van der Waals surface area contributed by atoms with E-state index in [1.54, 1.807) is 16.7 Å². The summed E-state index contributed by atoms with van der Waals surface area (Å²) in [4.78, 5) is 0. The Morgan fingerprint density at radius 1 is 0.447 bits per heavy atom. The van der Waals surface area contributed by atoms with Crippen LogP contribution >= 0.6 is 9.24 Å². The van der Waals surface area contributed by atoms with Crippen molar-refractivity contribution in [1.29, 1.82) is 0 Å². The van der Waals surface area contributed by atoms with E-state index in [-0.39, 0.29) is 0 Å². The van der Waals surface area contributed by atoms with E-state index in [1.807, 2.05) is 0 Å². The van der Waals surface area contributed by atoms with Crippen LogP contribution in [0.25, 0.3) is 0 Å². The van der Waals surface area contributed by atoms with E-state index in [4.69, 9.17) is 0 Å². The fourth-order valence-electron chi connectivity index (χ4n) is 10.5. The minimum absolute atomic E-state index is 0.406. The first-order chi connectivity index (χ1) is 16.2. The van der Waals surface area contributed by atoms with E-state index in [9.17, 15) is 0 Å². The molecule has 0 radical (unpaired) electrons. The lowest BCUT2D eigenvalue weighted by Gasteiger charge is -2.60. The molecule has 0 aromatic heterocycles. The largest absolute Gasteiger partial charge is 0.524 e. The molecule has 0 aliphatic rings. The first kappa shape index (κ1) is 37.2. The van der Waals surface area contributed by atoms with Gasteiger partial charge in [-0.25, -0.2) is 5.30 Å². The predicted octanol–water partition coefficient (Wildman–Crippen LogP) is 11.0. The van der Waals surface area contributed by atoms with Crippen LogP contribution in [0.3, 0.4) is 0 Å². The molecule has 0 spiro atoms. The lowest BCUT2D eigenvalue weighted by molar-refractivity contribution is 0.996. The third-order valence-corrected chi connectivity index (χ3v) is 49.4. The molecule has 0 nitrogen and oxygen atoms in total. The fourth-order valence-corrected chi connectivity index (χ4v) is 67.0. The average molecular weight is 656 g/mol. The highest BCUT2D eigenvalue weighted by Gasteiger charge is 2.61. The lowest BCUT2D eigenvalue weighted by atomic mass is 10.1. The fraction of sp³-hybridized carbons (Fsp3) is 0.800. The van der Waals surface area contributed by atoms with Crippen LogP contribution in [-0.4, -0.2) is 56.5 Å². The summed E-state index contributed by atoms with van der Waals surface area (Å²) in [6.07, 6.45) is 0. The first-order valence-electron chi connectivity index (χ1n) is 15.1. The van der Waals surface area contributed by atoms with E-state index in [0.717, 1.165) is 10.3 Å². The Balaban J connectivity index is 4.70. The van der Waals surface area contributed by atoms with Gasteiger partial charge in [-0.15, -0.1) is 0 Å². The average Bonchev–Trinajstić information content (AvgIpc) is 2.49. The third-order valence-electron chi connectivity index (χ3n) is 9.09. The Bertz CT molecular complexity index is 866. The Hall–Kier alpha value is 1.17. The van der Waals surface area contributed by atoms with Gasteiger partial charge in [0.25, 0.3) is 0 Å². The van der Waals surface area contributed by atoms with Gasteiger partial charge >= 0.3 is 0 Å². The summed E-state index contributed by atoms with van der Waals surface area (Å²) in [6, 6.07) is 5.68. The molecule has 1 aromatic carbocycles. The molecule has 8 heteroatoms. The second kappa shape index (κ2) is 11.0. The van der Waals surface area contributed by atoms with Crippen LogP contribution < -0.4 is 5.30 Å². The molecule has 38 heavy (non-hydrogen) atoms. The molecule has 0 fully saturated rings. The van der Waals surface area contributed by atoms with Crippen LogP contribution in [0.15, 0.2) is 12.1 Å². The molecular formula is C30H68PSi7-. The molecule has 0 saturated carbocycles. The summed E-state index contributed by atoms with van der Waals surface area (Å²) in [5.74, 6) is 0. The van der Waals surface area contributed by atoms with Gasteiger partial charge in [0.15, 0.2) is 0 Å². The van der Waals surface area contributed by atoms with Crippen molar-refractivity contribution in [3.8, 4) is 0 Å². The van der Waals surface area contributed by atoms with Gasteiger partial charge in [-0.05, 0) is 20.2 Å². The Morgan fingerprint density at radius 2 is 0.658 bits per heavy atom. The minimum Gasteiger partial charge on any atom is -0.524 e. The summed E-state index contributed by atoms with van der Waals surface area (Å²) >= 11 is 0. The van der Waals surface area contributed by atoms with Gasteiger partial charge in [-0.3, -0.25) is 0 Å². The lowest BCUT2D eigenvalue weighted by Crippen LogP contribution is -2.74. The van der Waals surface area contributed by atoms with Crippen molar-refractivity contribution in [3.05, 3.63) is 28.8 Å². The van der Waals surface area contributed by atoms with Gasteiger partial charge in [0.2, 0.25) is 0 Å². The normalized spacial score (nSPS) is 15.6. The molecule has 0 saturated heterocycles. The topological polar surface area (TPSA) is 0 Å². The van der Waals surface area contributed by atoms with Crippen molar-refractivity contribution < 1.29 is 0 Å². The highest BCUT2D eigenvalue weighted by atomic mass is 31.0. The van der Waals surface area contributed by atoms with Gasteiger partial charge in [0.05, 0.1) is 0 Å². The quantitative estimate of drug-likeness (QED) is 0.174. The summed E-state index contributed by atoms with van der Waals surface area (Å²) in [5, 5.41) is 2.99. The monoisotopic (exact) mass is 655 g/mol. The number of rotatable bonds is 10. The first-order valence-corrected chi connectivity index (χ1v) is 40.4. The zero-order valence-corrected chi connectivity index (χ0v) is 37.8. The zero-order chi connectivity index (χ0) is 30.9. The van der Waals surface area contributed by atoms with Crippen LogP contribution in [0.1, 0.15) is 27.0 Å². The van der Waals surface area contributed by atoms with E-state index in [0.29, 0.717) is 4.28 Å². The molecular weight excluding hydrogens is 588 g/mol. The highest BCUT2D eigenvalue weighted by Crippen LogP contribution is 2.51. The second-order valence-electron chi connectivity index (χ2n) is 19.9. The van der Waals surface area contributed by atoms with Crippen LogP contribution in [0, 0.1) is 0 Å². The Morgan fingerprint density at radius 3 is 0.816 bits per heavy atom. The van der Waals surface area contributed by atoms with E-state index < -0.39 is 56.5 Å². The van der Waals surface area contributed by atoms with Crippen LogP contribution in [0.5, 0.6) is 0 Å². The number of hydrogen-bond donors (Lipinski definition) is 0. The molecule has 1 aromatic rings.